The Morgan fingerprint density at radius 1 is 1.11 bits per heavy atom. The monoisotopic (exact) mass is 491 g/mol. The van der Waals surface area contributed by atoms with Crippen molar-refractivity contribution in [3.05, 3.63) is 48.0 Å². The number of nitrogens with zero attached hydrogens (tertiary/aromatic N) is 4. The van der Waals surface area contributed by atoms with Gasteiger partial charge in [-0.3, -0.25) is 4.79 Å². The number of aromatic amines is 1. The number of nitriles is 1. The van der Waals surface area contributed by atoms with Crippen molar-refractivity contribution in [2.75, 3.05) is 20.3 Å². The largest absolute Gasteiger partial charge is 0.494 e. The van der Waals surface area contributed by atoms with Gasteiger partial charge < -0.3 is 19.3 Å². The summed E-state index contributed by atoms with van der Waals surface area (Å²) in [7, 11) is 1.58. The molecule has 1 saturated carbocycles. The topological polar surface area (TPSA) is 143 Å². The van der Waals surface area contributed by atoms with E-state index in [1.807, 2.05) is 42.5 Å². The number of rotatable bonds is 11. The van der Waals surface area contributed by atoms with Crippen molar-refractivity contribution in [1.29, 1.82) is 5.26 Å². The van der Waals surface area contributed by atoms with Crippen molar-refractivity contribution >= 4 is 5.97 Å². The molecule has 0 unspecified atom stereocenters. The van der Waals surface area contributed by atoms with Crippen LogP contribution in [0.4, 0.5) is 0 Å². The van der Waals surface area contributed by atoms with Crippen LogP contribution in [-0.4, -0.2) is 52.0 Å². The molecule has 2 aromatic carbocycles. The molecule has 188 valence electrons. The van der Waals surface area contributed by atoms with E-state index in [0.29, 0.717) is 56.2 Å². The highest BCUT2D eigenvalue weighted by Crippen LogP contribution is 2.43. The van der Waals surface area contributed by atoms with Crippen LogP contribution >= 0.6 is 0 Å². The van der Waals surface area contributed by atoms with Crippen molar-refractivity contribution in [1.82, 2.24) is 20.6 Å². The molecule has 10 heteroatoms. The molecule has 10 nitrogen and oxygen atoms in total. The zero-order valence-corrected chi connectivity index (χ0v) is 20.1. The van der Waals surface area contributed by atoms with Crippen molar-refractivity contribution < 1.29 is 24.1 Å². The second-order valence-electron chi connectivity index (χ2n) is 8.84. The summed E-state index contributed by atoms with van der Waals surface area (Å²) in [5.74, 6) is 1.31. The van der Waals surface area contributed by atoms with Crippen LogP contribution in [0, 0.1) is 17.2 Å². The maximum absolute atomic E-state index is 11.3. The minimum Gasteiger partial charge on any atom is -0.494 e. The molecular weight excluding hydrogens is 462 g/mol. The number of benzene rings is 2. The average Bonchev–Trinajstić information content (AvgIpc) is 3.46. The third-order valence-electron chi connectivity index (χ3n) is 6.64. The molecule has 0 bridgehead atoms. The fraction of sp³-hybridized carbons (Fsp3) is 0.423. The third kappa shape index (κ3) is 5.74. The molecule has 1 heterocycles. The SMILES string of the molecule is COc1ccc(C2(C#N)CCC(C(=O)O)CC2)cc1OCCCCOc1ccc(-c2nn[nH]n2)cc1. The molecule has 0 aliphatic heterocycles. The molecule has 0 radical (unpaired) electrons. The summed E-state index contributed by atoms with van der Waals surface area (Å²) >= 11 is 0. The maximum atomic E-state index is 11.3. The van der Waals surface area contributed by atoms with Gasteiger partial charge in [-0.15, -0.1) is 10.2 Å². The Balaban J connectivity index is 1.27. The van der Waals surface area contributed by atoms with Gasteiger partial charge in [-0.05, 0) is 85.7 Å². The van der Waals surface area contributed by atoms with Crippen LogP contribution in [0.1, 0.15) is 44.1 Å². The number of nitrogens with one attached hydrogen (secondary N) is 1. The average molecular weight is 492 g/mol. The van der Waals surface area contributed by atoms with E-state index in [0.717, 1.165) is 29.7 Å². The van der Waals surface area contributed by atoms with Crippen LogP contribution < -0.4 is 14.2 Å². The number of hydrogen-bond donors (Lipinski definition) is 2. The molecule has 0 saturated heterocycles. The Morgan fingerprint density at radius 2 is 1.83 bits per heavy atom. The highest BCUT2D eigenvalue weighted by atomic mass is 16.5. The molecule has 0 spiro atoms. The first-order valence-corrected chi connectivity index (χ1v) is 12.0. The number of carboxylic acid groups (broad SMARTS) is 1. The molecule has 0 amide bonds. The van der Waals surface area contributed by atoms with Gasteiger partial charge in [0.2, 0.25) is 5.82 Å². The van der Waals surface area contributed by atoms with E-state index < -0.39 is 11.4 Å². The lowest BCUT2D eigenvalue weighted by Crippen LogP contribution is -2.32. The van der Waals surface area contributed by atoms with E-state index in [1.165, 1.54) is 0 Å². The normalized spacial score (nSPS) is 19.3. The number of hydrogen-bond acceptors (Lipinski definition) is 8. The Kier molecular flexibility index (Phi) is 8.00. The summed E-state index contributed by atoms with van der Waals surface area (Å²) in [6, 6.07) is 15.5. The van der Waals surface area contributed by atoms with Gasteiger partial charge in [0.05, 0.1) is 37.7 Å². The van der Waals surface area contributed by atoms with Gasteiger partial charge in [0.15, 0.2) is 11.5 Å². The van der Waals surface area contributed by atoms with E-state index in [2.05, 4.69) is 26.7 Å². The Bertz CT molecular complexity index is 1180. The quantitative estimate of drug-likeness (QED) is 0.378. The van der Waals surface area contributed by atoms with Crippen LogP contribution in [0.3, 0.4) is 0 Å². The van der Waals surface area contributed by atoms with Crippen LogP contribution in [0.25, 0.3) is 11.4 Å². The molecule has 1 aromatic heterocycles. The first-order chi connectivity index (χ1) is 17.5. The minimum atomic E-state index is -0.787. The fourth-order valence-electron chi connectivity index (χ4n) is 4.47. The second kappa shape index (κ2) is 11.5. The lowest BCUT2D eigenvalue weighted by Gasteiger charge is -2.34. The highest BCUT2D eigenvalue weighted by molar-refractivity contribution is 5.70. The molecule has 2 N–H and O–H groups in total. The standard InChI is InChI=1S/C26H29N5O5/c1-34-22-9-6-20(26(17-27)12-10-19(11-13-26)25(32)33)16-23(22)36-15-3-2-14-35-21-7-4-18(5-8-21)24-28-30-31-29-24/h4-9,16,19H,2-3,10-15H2,1H3,(H,32,33)(H,28,29,30,31). The Labute approximate surface area is 209 Å². The van der Waals surface area contributed by atoms with Crippen molar-refractivity contribution in [3.63, 3.8) is 0 Å². The van der Waals surface area contributed by atoms with E-state index in [-0.39, 0.29) is 5.92 Å². The maximum Gasteiger partial charge on any atom is 0.306 e. The zero-order valence-electron chi connectivity index (χ0n) is 20.1. The summed E-state index contributed by atoms with van der Waals surface area (Å²) in [6.45, 7) is 1.02. The number of tetrazole rings is 1. The van der Waals surface area contributed by atoms with Crippen molar-refractivity contribution in [2.45, 2.75) is 43.9 Å². The van der Waals surface area contributed by atoms with Gasteiger partial charge in [-0.25, -0.2) is 0 Å². The van der Waals surface area contributed by atoms with E-state index >= 15 is 0 Å². The van der Waals surface area contributed by atoms with E-state index in [9.17, 15) is 15.2 Å². The van der Waals surface area contributed by atoms with Crippen LogP contribution in [0.15, 0.2) is 42.5 Å². The number of unbranched alkanes of at least 4 members (excludes halogenated alkanes) is 1. The van der Waals surface area contributed by atoms with Crippen LogP contribution in [0.2, 0.25) is 0 Å². The predicted octanol–water partition coefficient (Wildman–Crippen LogP) is 4.15. The first-order valence-electron chi connectivity index (χ1n) is 12.0. The third-order valence-corrected chi connectivity index (χ3v) is 6.64. The van der Waals surface area contributed by atoms with Gasteiger partial charge in [-0.1, -0.05) is 6.07 Å². The predicted molar refractivity (Wildman–Crippen MR) is 130 cm³/mol. The number of ether oxygens (including phenoxy) is 3. The zero-order chi connectivity index (χ0) is 25.4. The summed E-state index contributed by atoms with van der Waals surface area (Å²) in [5.41, 5.74) is 0.995. The molecule has 1 fully saturated rings. The van der Waals surface area contributed by atoms with Crippen molar-refractivity contribution in [2.24, 2.45) is 5.92 Å². The van der Waals surface area contributed by atoms with Crippen LogP contribution in [0.5, 0.6) is 17.2 Å². The van der Waals surface area contributed by atoms with Gasteiger partial charge in [0.25, 0.3) is 0 Å². The summed E-state index contributed by atoms with van der Waals surface area (Å²) < 4.78 is 17.3. The van der Waals surface area contributed by atoms with E-state index in [1.54, 1.807) is 7.11 Å². The summed E-state index contributed by atoms with van der Waals surface area (Å²) in [6.07, 6.45) is 3.58. The molecule has 1 aliphatic rings. The molecular formula is C26H29N5O5. The molecule has 36 heavy (non-hydrogen) atoms. The number of carbonyl (C=O) groups is 1. The number of H-pyrrole nitrogens is 1. The number of carboxylic acids is 1. The minimum absolute atomic E-state index is 0.383. The van der Waals surface area contributed by atoms with Crippen LogP contribution in [-0.2, 0) is 10.2 Å². The van der Waals surface area contributed by atoms with E-state index in [4.69, 9.17) is 14.2 Å². The van der Waals surface area contributed by atoms with Crippen molar-refractivity contribution in [3.8, 4) is 34.7 Å². The van der Waals surface area contributed by atoms with Gasteiger partial charge >= 0.3 is 5.97 Å². The molecule has 4 rings (SSSR count). The Morgan fingerprint density at radius 3 is 2.44 bits per heavy atom. The Hall–Kier alpha value is -4.13. The molecule has 1 aliphatic carbocycles. The first kappa shape index (κ1) is 25.0. The number of aliphatic carboxylic acids is 1. The number of aromatic nitrogens is 4. The summed E-state index contributed by atoms with van der Waals surface area (Å²) in [5, 5.41) is 33.2. The molecule has 3 aromatic rings. The van der Waals surface area contributed by atoms with Gasteiger partial charge in [0.1, 0.15) is 5.75 Å². The highest BCUT2D eigenvalue weighted by Gasteiger charge is 2.39. The summed E-state index contributed by atoms with van der Waals surface area (Å²) in [4.78, 5) is 11.3. The lowest BCUT2D eigenvalue weighted by molar-refractivity contribution is -0.143. The second-order valence-corrected chi connectivity index (χ2v) is 8.84. The molecule has 0 atom stereocenters. The smallest absolute Gasteiger partial charge is 0.306 e. The number of methoxy groups -OCH3 is 1. The van der Waals surface area contributed by atoms with Gasteiger partial charge in [0, 0.05) is 5.56 Å². The lowest BCUT2D eigenvalue weighted by atomic mass is 9.67. The fourth-order valence-corrected chi connectivity index (χ4v) is 4.47. The van der Waals surface area contributed by atoms with Gasteiger partial charge in [-0.2, -0.15) is 10.5 Å².